The van der Waals surface area contributed by atoms with E-state index in [1.807, 2.05) is 34.9 Å². The molecule has 0 aliphatic heterocycles. The first-order valence-electron chi connectivity index (χ1n) is 8.90. The minimum absolute atomic E-state index is 0.0605. The average Bonchev–Trinajstić information content (AvgIpc) is 3.38. The Hall–Kier alpha value is -3.68. The highest BCUT2D eigenvalue weighted by atomic mass is 16.5. The molecule has 142 valence electrons. The fraction of sp³-hybridized carbons (Fsp3) is 0.200. The minimum Gasteiger partial charge on any atom is -0.462 e. The number of esters is 1. The van der Waals surface area contributed by atoms with Crippen LogP contribution in [0.4, 0.5) is 0 Å². The Bertz CT molecular complexity index is 1160. The first-order chi connectivity index (χ1) is 13.7. The summed E-state index contributed by atoms with van der Waals surface area (Å²) in [5.41, 5.74) is 1.57. The number of fused-ring (bicyclic) bond motifs is 1. The van der Waals surface area contributed by atoms with E-state index in [0.29, 0.717) is 23.6 Å². The third kappa shape index (κ3) is 3.32. The molecule has 0 N–H and O–H groups in total. The van der Waals surface area contributed by atoms with Crippen LogP contribution < -0.4 is 5.56 Å². The van der Waals surface area contributed by atoms with Gasteiger partial charge in [0.1, 0.15) is 16.9 Å². The van der Waals surface area contributed by atoms with Crippen molar-refractivity contribution in [1.29, 1.82) is 0 Å². The van der Waals surface area contributed by atoms with Gasteiger partial charge in [0.2, 0.25) is 0 Å². The third-order valence-corrected chi connectivity index (χ3v) is 4.36. The van der Waals surface area contributed by atoms with Gasteiger partial charge in [-0.3, -0.25) is 4.79 Å². The predicted octanol–water partition coefficient (Wildman–Crippen LogP) is 2.57. The molecule has 0 spiro atoms. The molecule has 8 heteroatoms. The second kappa shape index (κ2) is 7.51. The van der Waals surface area contributed by atoms with E-state index in [0.717, 1.165) is 12.0 Å². The molecule has 28 heavy (non-hydrogen) atoms. The molecule has 0 saturated heterocycles. The molecular formula is C20H18N4O4. The van der Waals surface area contributed by atoms with Crippen LogP contribution in [0.1, 0.15) is 22.8 Å². The number of aryl methyl sites for hydroxylation is 2. The standard InChI is InChI=1S/C20H18N4O4/c1-2-27-20(26)15-12-23(9-8-14-6-4-3-5-7-14)18-10-16(17-11-21-13-28-17)22-24(18)19(15)25/h3-7,10-13H,2,8-9H2,1H3. The largest absolute Gasteiger partial charge is 0.462 e. The van der Waals surface area contributed by atoms with Gasteiger partial charge in [-0.1, -0.05) is 30.3 Å². The highest BCUT2D eigenvalue weighted by molar-refractivity contribution is 5.89. The SMILES string of the molecule is CCOC(=O)c1cn(CCc2ccccc2)c2cc(-c3cnco3)nn2c1=O. The lowest BCUT2D eigenvalue weighted by atomic mass is 10.1. The summed E-state index contributed by atoms with van der Waals surface area (Å²) in [6.45, 7) is 2.44. The summed E-state index contributed by atoms with van der Waals surface area (Å²) in [5.74, 6) is -0.227. The maximum absolute atomic E-state index is 12.8. The molecule has 4 aromatic rings. The number of oxazole rings is 1. The predicted molar refractivity (Wildman–Crippen MR) is 101 cm³/mol. The van der Waals surface area contributed by atoms with Crippen molar-refractivity contribution in [1.82, 2.24) is 19.2 Å². The summed E-state index contributed by atoms with van der Waals surface area (Å²) in [5, 5.41) is 4.32. The molecule has 0 saturated carbocycles. The number of carbonyl (C=O) groups is 1. The Morgan fingerprint density at radius 1 is 1.25 bits per heavy atom. The highest BCUT2D eigenvalue weighted by Crippen LogP contribution is 2.19. The van der Waals surface area contributed by atoms with Crippen LogP contribution in [-0.4, -0.2) is 31.7 Å². The van der Waals surface area contributed by atoms with Gasteiger partial charge in [0.05, 0.1) is 12.8 Å². The number of ether oxygens (including phenoxy) is 1. The van der Waals surface area contributed by atoms with Crippen LogP contribution in [0.15, 0.2) is 64.4 Å². The van der Waals surface area contributed by atoms with Crippen molar-refractivity contribution in [2.45, 2.75) is 19.9 Å². The van der Waals surface area contributed by atoms with Crippen LogP contribution in [0.25, 0.3) is 17.1 Å². The van der Waals surface area contributed by atoms with E-state index in [-0.39, 0.29) is 12.2 Å². The first-order valence-corrected chi connectivity index (χ1v) is 8.90. The van der Waals surface area contributed by atoms with Crippen LogP contribution >= 0.6 is 0 Å². The van der Waals surface area contributed by atoms with Crippen molar-refractivity contribution in [2.24, 2.45) is 0 Å². The number of benzene rings is 1. The van der Waals surface area contributed by atoms with Crippen LogP contribution in [-0.2, 0) is 17.7 Å². The topological polar surface area (TPSA) is 91.6 Å². The summed E-state index contributed by atoms with van der Waals surface area (Å²) < 4.78 is 13.3. The highest BCUT2D eigenvalue weighted by Gasteiger charge is 2.19. The quantitative estimate of drug-likeness (QED) is 0.479. The minimum atomic E-state index is -0.667. The van der Waals surface area contributed by atoms with E-state index in [2.05, 4.69) is 10.1 Å². The molecule has 0 atom stereocenters. The van der Waals surface area contributed by atoms with E-state index in [4.69, 9.17) is 9.15 Å². The molecule has 0 aliphatic rings. The Kier molecular flexibility index (Phi) is 4.76. The molecule has 0 unspecified atom stereocenters. The van der Waals surface area contributed by atoms with Gasteiger partial charge in [-0.25, -0.2) is 9.78 Å². The lowest BCUT2D eigenvalue weighted by Crippen LogP contribution is -2.27. The van der Waals surface area contributed by atoms with Gasteiger partial charge in [0.15, 0.2) is 12.2 Å². The monoisotopic (exact) mass is 378 g/mol. The maximum atomic E-state index is 12.8. The van der Waals surface area contributed by atoms with E-state index >= 15 is 0 Å². The zero-order chi connectivity index (χ0) is 19.5. The fourth-order valence-corrected chi connectivity index (χ4v) is 3.00. The summed E-state index contributed by atoms with van der Waals surface area (Å²) >= 11 is 0. The Balaban J connectivity index is 1.81. The molecule has 8 nitrogen and oxygen atoms in total. The number of carbonyl (C=O) groups excluding carboxylic acids is 1. The molecule has 4 rings (SSSR count). The van der Waals surface area contributed by atoms with Gasteiger partial charge in [-0.05, 0) is 18.9 Å². The summed E-state index contributed by atoms with van der Waals surface area (Å²) in [7, 11) is 0. The van der Waals surface area contributed by atoms with Gasteiger partial charge >= 0.3 is 5.97 Å². The molecule has 3 heterocycles. The van der Waals surface area contributed by atoms with E-state index in [1.54, 1.807) is 13.0 Å². The normalized spacial score (nSPS) is 11.0. The van der Waals surface area contributed by atoms with Crippen LogP contribution in [0.3, 0.4) is 0 Å². The van der Waals surface area contributed by atoms with Crippen LogP contribution in [0.5, 0.6) is 0 Å². The summed E-state index contributed by atoms with van der Waals surface area (Å²) in [6, 6.07) is 11.7. The molecule has 0 bridgehead atoms. The molecule has 3 aromatic heterocycles. The van der Waals surface area contributed by atoms with Crippen molar-refractivity contribution in [2.75, 3.05) is 6.61 Å². The Labute approximate surface area is 160 Å². The van der Waals surface area contributed by atoms with Gasteiger partial charge in [0, 0.05) is 18.8 Å². The lowest BCUT2D eigenvalue weighted by Gasteiger charge is -2.11. The lowest BCUT2D eigenvalue weighted by molar-refractivity contribution is 0.0522. The van der Waals surface area contributed by atoms with Gasteiger partial charge in [-0.2, -0.15) is 9.61 Å². The molecule has 0 fully saturated rings. The second-order valence-corrected chi connectivity index (χ2v) is 6.16. The third-order valence-electron chi connectivity index (χ3n) is 4.36. The number of aromatic nitrogens is 4. The molecule has 0 amide bonds. The number of hydrogen-bond acceptors (Lipinski definition) is 6. The van der Waals surface area contributed by atoms with Gasteiger partial charge in [0.25, 0.3) is 5.56 Å². The van der Waals surface area contributed by atoms with Crippen molar-refractivity contribution in [3.8, 4) is 11.5 Å². The van der Waals surface area contributed by atoms with Crippen molar-refractivity contribution in [3.05, 3.63) is 76.7 Å². The molecule has 0 aliphatic carbocycles. The smallest absolute Gasteiger partial charge is 0.345 e. The zero-order valence-corrected chi connectivity index (χ0v) is 15.2. The maximum Gasteiger partial charge on any atom is 0.345 e. The Morgan fingerprint density at radius 2 is 2.07 bits per heavy atom. The fourth-order valence-electron chi connectivity index (χ4n) is 3.00. The second-order valence-electron chi connectivity index (χ2n) is 6.16. The van der Waals surface area contributed by atoms with Crippen LogP contribution in [0, 0.1) is 0 Å². The number of nitrogens with zero attached hydrogens (tertiary/aromatic N) is 4. The number of rotatable bonds is 6. The first kappa shape index (κ1) is 17.7. The molecular weight excluding hydrogens is 360 g/mol. The Morgan fingerprint density at radius 3 is 2.79 bits per heavy atom. The van der Waals surface area contributed by atoms with Crippen molar-refractivity contribution < 1.29 is 13.9 Å². The van der Waals surface area contributed by atoms with Crippen molar-refractivity contribution >= 4 is 11.6 Å². The van der Waals surface area contributed by atoms with Crippen molar-refractivity contribution in [3.63, 3.8) is 0 Å². The average molecular weight is 378 g/mol. The molecule has 1 aromatic carbocycles. The zero-order valence-electron chi connectivity index (χ0n) is 15.2. The summed E-state index contributed by atoms with van der Waals surface area (Å²) in [6.07, 6.45) is 5.08. The van der Waals surface area contributed by atoms with Gasteiger partial charge in [-0.15, -0.1) is 0 Å². The van der Waals surface area contributed by atoms with E-state index < -0.39 is 11.5 Å². The van der Waals surface area contributed by atoms with Gasteiger partial charge < -0.3 is 13.7 Å². The summed E-state index contributed by atoms with van der Waals surface area (Å²) in [4.78, 5) is 28.9. The van der Waals surface area contributed by atoms with E-state index in [9.17, 15) is 9.59 Å². The van der Waals surface area contributed by atoms with Crippen LogP contribution in [0.2, 0.25) is 0 Å². The molecule has 0 radical (unpaired) electrons. The van der Waals surface area contributed by atoms with E-state index in [1.165, 1.54) is 23.3 Å². The number of hydrogen-bond donors (Lipinski definition) is 0.